The minimum Gasteiger partial charge on any atom is -0.303 e. The number of rotatable bonds is 2. The summed E-state index contributed by atoms with van der Waals surface area (Å²) < 4.78 is 12.7. The maximum Gasteiger partial charge on any atom is 0.0331 e. The van der Waals surface area contributed by atoms with Gasteiger partial charge in [0.05, 0.1) is 0 Å². The minimum atomic E-state index is 0.586. The molecule has 0 amide bonds. The topological polar surface area (TPSA) is 6.48 Å². The molecule has 0 bridgehead atoms. The largest absolute Gasteiger partial charge is 0.303 e. The molecule has 2 nitrogen and oxygen atoms in total. The molecule has 2 heterocycles. The molecule has 13 heavy (non-hydrogen) atoms. The van der Waals surface area contributed by atoms with Gasteiger partial charge in [-0.05, 0) is 38.3 Å². The zero-order valence-electron chi connectivity index (χ0n) is 8.21. The minimum absolute atomic E-state index is 0.586. The smallest absolute Gasteiger partial charge is 0.0331 e. The predicted octanol–water partition coefficient (Wildman–Crippen LogP) is 1.68. The number of nitrogens with zero attached hydrogens (tertiary/aromatic N) is 2. The van der Waals surface area contributed by atoms with Crippen molar-refractivity contribution in [1.82, 2.24) is 10.0 Å². The summed E-state index contributed by atoms with van der Waals surface area (Å²) in [5, 5.41) is 0.967. The van der Waals surface area contributed by atoms with Crippen LogP contribution < -0.4 is 0 Å². The summed E-state index contributed by atoms with van der Waals surface area (Å²) in [5.74, 6) is 0.586. The van der Waals surface area contributed by atoms with Crippen molar-refractivity contribution in [3.8, 4) is 0 Å². The molecule has 2 fully saturated rings. The first-order valence-electron chi connectivity index (χ1n) is 5.47. The Balaban J connectivity index is 1.71. The Morgan fingerprint density at radius 2 is 1.85 bits per heavy atom. The lowest BCUT2D eigenvalue weighted by Crippen LogP contribution is -2.34. The van der Waals surface area contributed by atoms with E-state index in [0.29, 0.717) is 19.0 Å². The zero-order chi connectivity index (χ0) is 9.10. The van der Waals surface area contributed by atoms with E-state index in [1.54, 1.807) is 0 Å². The van der Waals surface area contributed by atoms with Crippen molar-refractivity contribution >= 4 is 0 Å². The highest BCUT2D eigenvalue weighted by molar-refractivity contribution is 4.75. The molecule has 0 spiro atoms. The summed E-state index contributed by atoms with van der Waals surface area (Å²) >= 11 is 0. The number of piperidine rings is 1. The molecule has 2 saturated heterocycles. The Labute approximate surface area is 79.6 Å². The lowest BCUT2D eigenvalue weighted by atomic mass is 10.1. The van der Waals surface area contributed by atoms with Gasteiger partial charge in [0.15, 0.2) is 0 Å². The van der Waals surface area contributed by atoms with E-state index in [2.05, 4.69) is 4.90 Å². The highest BCUT2D eigenvalue weighted by atomic mass is 19.2. The summed E-state index contributed by atoms with van der Waals surface area (Å²) in [5.41, 5.74) is 0. The Kier molecular flexibility index (Phi) is 3.17. The van der Waals surface area contributed by atoms with Gasteiger partial charge in [0, 0.05) is 19.6 Å². The third kappa shape index (κ3) is 2.64. The second-order valence-electron chi connectivity index (χ2n) is 4.38. The van der Waals surface area contributed by atoms with Gasteiger partial charge in [-0.2, -0.15) is 0 Å². The Hall–Kier alpha value is -0.150. The molecule has 3 heteroatoms. The van der Waals surface area contributed by atoms with Crippen LogP contribution in [0.5, 0.6) is 0 Å². The van der Waals surface area contributed by atoms with Gasteiger partial charge >= 0.3 is 0 Å². The van der Waals surface area contributed by atoms with Crippen LogP contribution in [0.4, 0.5) is 4.48 Å². The summed E-state index contributed by atoms with van der Waals surface area (Å²) in [6.45, 7) is 4.92. The van der Waals surface area contributed by atoms with Crippen LogP contribution in [0.3, 0.4) is 0 Å². The lowest BCUT2D eigenvalue weighted by molar-refractivity contribution is 0.0490. The summed E-state index contributed by atoms with van der Waals surface area (Å²) in [6, 6.07) is 0. The molecule has 0 aromatic carbocycles. The van der Waals surface area contributed by atoms with E-state index < -0.39 is 0 Å². The lowest BCUT2D eigenvalue weighted by Gasteiger charge is -2.28. The van der Waals surface area contributed by atoms with Crippen molar-refractivity contribution in [3.05, 3.63) is 0 Å². The van der Waals surface area contributed by atoms with Gasteiger partial charge in [0.25, 0.3) is 0 Å². The second-order valence-corrected chi connectivity index (χ2v) is 4.38. The van der Waals surface area contributed by atoms with E-state index in [1.165, 1.54) is 32.4 Å². The third-order valence-corrected chi connectivity index (χ3v) is 3.20. The highest BCUT2D eigenvalue weighted by Gasteiger charge is 2.24. The highest BCUT2D eigenvalue weighted by Crippen LogP contribution is 2.19. The van der Waals surface area contributed by atoms with Gasteiger partial charge in [0.1, 0.15) is 0 Å². The van der Waals surface area contributed by atoms with Gasteiger partial charge in [-0.3, -0.25) is 0 Å². The standard InChI is InChI=1S/C10H19FN2/c11-13-7-4-10(9-13)8-12-5-2-1-3-6-12/h10H,1-9H2. The van der Waals surface area contributed by atoms with Crippen molar-refractivity contribution < 1.29 is 4.48 Å². The normalized spacial score (nSPS) is 32.5. The first-order valence-corrected chi connectivity index (χ1v) is 5.47. The van der Waals surface area contributed by atoms with E-state index in [-0.39, 0.29) is 0 Å². The molecule has 2 aliphatic rings. The van der Waals surface area contributed by atoms with Gasteiger partial charge in [-0.1, -0.05) is 6.42 Å². The van der Waals surface area contributed by atoms with Crippen molar-refractivity contribution in [2.75, 3.05) is 32.7 Å². The average molecular weight is 186 g/mol. The van der Waals surface area contributed by atoms with Crippen LogP contribution in [0.1, 0.15) is 25.7 Å². The summed E-state index contributed by atoms with van der Waals surface area (Å²) in [7, 11) is 0. The van der Waals surface area contributed by atoms with Crippen molar-refractivity contribution in [1.29, 1.82) is 0 Å². The molecule has 0 saturated carbocycles. The van der Waals surface area contributed by atoms with Crippen LogP contribution in [0.15, 0.2) is 0 Å². The molecule has 1 unspecified atom stereocenters. The van der Waals surface area contributed by atoms with E-state index in [0.717, 1.165) is 18.1 Å². The van der Waals surface area contributed by atoms with Crippen molar-refractivity contribution in [2.45, 2.75) is 25.7 Å². The zero-order valence-corrected chi connectivity index (χ0v) is 8.21. The Morgan fingerprint density at radius 1 is 1.08 bits per heavy atom. The fraction of sp³-hybridized carbons (Fsp3) is 1.00. The third-order valence-electron chi connectivity index (χ3n) is 3.20. The predicted molar refractivity (Wildman–Crippen MR) is 51.1 cm³/mol. The summed E-state index contributed by atoms with van der Waals surface area (Å²) in [6.07, 6.45) is 5.11. The van der Waals surface area contributed by atoms with Crippen LogP contribution >= 0.6 is 0 Å². The monoisotopic (exact) mass is 186 g/mol. The van der Waals surface area contributed by atoms with E-state index in [1.807, 2.05) is 0 Å². The maximum absolute atomic E-state index is 12.7. The SMILES string of the molecule is FN1CCC(CN2CCCCC2)C1. The van der Waals surface area contributed by atoms with Crippen LogP contribution in [-0.4, -0.2) is 42.7 Å². The molecule has 0 aromatic heterocycles. The number of halogens is 1. The Morgan fingerprint density at radius 3 is 2.46 bits per heavy atom. The van der Waals surface area contributed by atoms with E-state index in [4.69, 9.17) is 0 Å². The van der Waals surface area contributed by atoms with E-state index >= 15 is 0 Å². The molecule has 0 radical (unpaired) electrons. The van der Waals surface area contributed by atoms with Gasteiger partial charge in [-0.15, -0.1) is 9.60 Å². The number of likely N-dealkylation sites (tertiary alicyclic amines) is 1. The first kappa shape index (κ1) is 9.41. The van der Waals surface area contributed by atoms with Crippen LogP contribution in [0.25, 0.3) is 0 Å². The first-order chi connectivity index (χ1) is 6.34. The van der Waals surface area contributed by atoms with Crippen molar-refractivity contribution in [2.24, 2.45) is 5.92 Å². The number of hydrogen-bond donors (Lipinski definition) is 0. The fourth-order valence-electron chi connectivity index (χ4n) is 2.44. The molecule has 0 aliphatic carbocycles. The summed E-state index contributed by atoms with van der Waals surface area (Å²) in [4.78, 5) is 2.51. The van der Waals surface area contributed by atoms with Gasteiger partial charge in [-0.25, -0.2) is 0 Å². The molecule has 1 atom stereocenters. The van der Waals surface area contributed by atoms with Crippen LogP contribution in [0, 0.1) is 5.92 Å². The quantitative estimate of drug-likeness (QED) is 0.605. The van der Waals surface area contributed by atoms with Gasteiger partial charge in [0.2, 0.25) is 0 Å². The van der Waals surface area contributed by atoms with E-state index in [9.17, 15) is 4.48 Å². The molecular formula is C10H19FN2. The molecule has 0 aromatic rings. The maximum atomic E-state index is 12.7. The second kappa shape index (κ2) is 4.38. The molecule has 0 N–H and O–H groups in total. The number of hydrogen-bond acceptors (Lipinski definition) is 2. The Bertz CT molecular complexity index is 154. The van der Waals surface area contributed by atoms with Crippen LogP contribution in [0.2, 0.25) is 0 Å². The molecule has 76 valence electrons. The molecular weight excluding hydrogens is 167 g/mol. The van der Waals surface area contributed by atoms with Crippen molar-refractivity contribution in [3.63, 3.8) is 0 Å². The fourth-order valence-corrected chi connectivity index (χ4v) is 2.44. The molecule has 2 rings (SSSR count). The van der Waals surface area contributed by atoms with Gasteiger partial charge < -0.3 is 4.90 Å². The molecule has 2 aliphatic heterocycles. The average Bonchev–Trinajstić information content (AvgIpc) is 2.53. The van der Waals surface area contributed by atoms with Crippen LogP contribution in [-0.2, 0) is 0 Å².